The van der Waals surface area contributed by atoms with E-state index in [-0.39, 0.29) is 6.61 Å². The van der Waals surface area contributed by atoms with E-state index in [9.17, 15) is 19.2 Å². The molecule has 3 aromatic rings. The number of hydrogen-bond donors (Lipinski definition) is 0. The summed E-state index contributed by atoms with van der Waals surface area (Å²) >= 11 is 0. The van der Waals surface area contributed by atoms with Gasteiger partial charge in [-0.3, -0.25) is 19.2 Å². The van der Waals surface area contributed by atoms with Crippen molar-refractivity contribution in [3.05, 3.63) is 108 Å². The molecule has 10 heteroatoms. The fourth-order valence-corrected chi connectivity index (χ4v) is 5.67. The Morgan fingerprint density at radius 2 is 0.764 bits per heavy atom. The summed E-state index contributed by atoms with van der Waals surface area (Å²) in [5.41, 5.74) is -2.86. The first-order valence-corrected chi connectivity index (χ1v) is 18.8. The third-order valence-electron chi connectivity index (χ3n) is 9.00. The van der Waals surface area contributed by atoms with Crippen molar-refractivity contribution in [2.45, 2.75) is 119 Å². The number of benzene rings is 3. The number of hydrogen-bond acceptors (Lipinski definition) is 10. The highest BCUT2D eigenvalue weighted by Crippen LogP contribution is 2.42. The lowest BCUT2D eigenvalue weighted by molar-refractivity contribution is -0.309. The van der Waals surface area contributed by atoms with E-state index in [1.165, 1.54) is 0 Å². The van der Waals surface area contributed by atoms with Crippen molar-refractivity contribution in [1.29, 1.82) is 0 Å². The van der Waals surface area contributed by atoms with Gasteiger partial charge in [-0.05, 0) is 99.8 Å². The average molecular weight is 759 g/mol. The van der Waals surface area contributed by atoms with Crippen molar-refractivity contribution in [1.82, 2.24) is 0 Å². The van der Waals surface area contributed by atoms with Crippen LogP contribution in [-0.2, 0) is 53.2 Å². The maximum Gasteiger partial charge on any atom is 0.313 e. The van der Waals surface area contributed by atoms with Gasteiger partial charge in [-0.2, -0.15) is 0 Å². The normalized spacial score (nSPS) is 20.9. The highest BCUT2D eigenvalue weighted by Gasteiger charge is 2.56. The van der Waals surface area contributed by atoms with E-state index in [4.69, 9.17) is 28.4 Å². The molecular weight excluding hydrogens is 700 g/mol. The minimum Gasteiger partial charge on any atom is -0.455 e. The summed E-state index contributed by atoms with van der Waals surface area (Å²) in [4.78, 5) is 54.7. The predicted molar refractivity (Wildman–Crippen MR) is 207 cm³/mol. The summed E-state index contributed by atoms with van der Waals surface area (Å²) in [5, 5.41) is 0. The molecule has 1 aliphatic rings. The third kappa shape index (κ3) is 10.4. The van der Waals surface area contributed by atoms with Gasteiger partial charge in [0.05, 0.1) is 28.3 Å². The quantitative estimate of drug-likeness (QED) is 0.114. The number of ether oxygens (including phenoxy) is 6. The molecule has 10 nitrogen and oxygen atoms in total. The zero-order valence-electron chi connectivity index (χ0n) is 34.3. The number of esters is 4. The molecule has 55 heavy (non-hydrogen) atoms. The van der Waals surface area contributed by atoms with Gasteiger partial charge in [0.15, 0.2) is 12.2 Å². The number of carbonyl (C=O) groups is 4. The summed E-state index contributed by atoms with van der Waals surface area (Å²) in [7, 11) is 0. The van der Waals surface area contributed by atoms with E-state index >= 15 is 0 Å². The Kier molecular flexibility index (Phi) is 13.1. The lowest BCUT2D eigenvalue weighted by Crippen LogP contribution is -2.64. The van der Waals surface area contributed by atoms with Crippen molar-refractivity contribution >= 4 is 23.9 Å². The second-order valence-corrected chi connectivity index (χ2v) is 18.1. The van der Waals surface area contributed by atoms with Crippen LogP contribution in [-0.4, -0.2) is 61.2 Å². The monoisotopic (exact) mass is 758 g/mol. The van der Waals surface area contributed by atoms with E-state index in [1.54, 1.807) is 83.1 Å². The van der Waals surface area contributed by atoms with Gasteiger partial charge in [0.2, 0.25) is 12.4 Å². The van der Waals surface area contributed by atoms with Gasteiger partial charge in [0.1, 0.15) is 11.7 Å². The van der Waals surface area contributed by atoms with Crippen LogP contribution in [0.15, 0.2) is 91.0 Å². The predicted octanol–water partition coefficient (Wildman–Crippen LogP) is 8.18. The molecule has 298 valence electrons. The molecule has 1 heterocycles. The molecule has 0 bridgehead atoms. The van der Waals surface area contributed by atoms with Crippen LogP contribution in [0.5, 0.6) is 0 Å². The minimum absolute atomic E-state index is 0.270. The molecule has 0 saturated carbocycles. The maximum absolute atomic E-state index is 13.8. The fraction of sp³-hybridized carbons (Fsp3) is 0.511. The van der Waals surface area contributed by atoms with Crippen LogP contribution in [0.25, 0.3) is 0 Å². The molecule has 0 radical (unpaired) electrons. The largest absolute Gasteiger partial charge is 0.455 e. The Morgan fingerprint density at radius 3 is 1.11 bits per heavy atom. The Hall–Kier alpha value is -4.54. The van der Waals surface area contributed by atoms with Crippen LogP contribution in [0.3, 0.4) is 0 Å². The molecule has 0 unspecified atom stereocenters. The van der Waals surface area contributed by atoms with Gasteiger partial charge in [0, 0.05) is 0 Å². The Morgan fingerprint density at radius 1 is 0.455 bits per heavy atom. The molecule has 5 atom stereocenters. The highest BCUT2D eigenvalue weighted by molar-refractivity contribution is 5.78. The minimum atomic E-state index is -1.59. The number of carbonyl (C=O) groups excluding carboxylic acids is 4. The van der Waals surface area contributed by atoms with E-state index in [2.05, 4.69) is 0 Å². The first-order chi connectivity index (χ1) is 25.5. The molecule has 0 aliphatic carbocycles. The van der Waals surface area contributed by atoms with Gasteiger partial charge in [-0.15, -0.1) is 0 Å². The third-order valence-corrected chi connectivity index (χ3v) is 9.00. The first kappa shape index (κ1) is 43.2. The molecular formula is C45H58O10. The lowest BCUT2D eigenvalue weighted by Gasteiger charge is -2.46. The second-order valence-electron chi connectivity index (χ2n) is 18.1. The molecule has 3 aromatic carbocycles. The van der Waals surface area contributed by atoms with E-state index in [0.29, 0.717) is 0 Å². The average Bonchev–Trinajstić information content (AvgIpc) is 3.10. The lowest BCUT2D eigenvalue weighted by atomic mass is 9.80. The summed E-state index contributed by atoms with van der Waals surface area (Å²) in [5.74, 6) is -2.64. The van der Waals surface area contributed by atoms with Crippen molar-refractivity contribution in [2.24, 2.45) is 21.7 Å². The topological polar surface area (TPSA) is 124 Å². The van der Waals surface area contributed by atoms with Gasteiger partial charge < -0.3 is 28.4 Å². The van der Waals surface area contributed by atoms with Crippen LogP contribution in [0.4, 0.5) is 0 Å². The zero-order valence-corrected chi connectivity index (χ0v) is 34.3. The van der Waals surface area contributed by atoms with Crippen molar-refractivity contribution in [3.8, 4) is 0 Å². The molecule has 0 spiro atoms. The Balaban J connectivity index is 1.96. The van der Waals surface area contributed by atoms with E-state index in [0.717, 1.165) is 16.7 Å². The van der Waals surface area contributed by atoms with Crippen LogP contribution >= 0.6 is 0 Å². The van der Waals surface area contributed by atoms with E-state index in [1.807, 2.05) is 91.0 Å². The molecule has 4 rings (SSSR count). The van der Waals surface area contributed by atoms with Gasteiger partial charge in [-0.1, -0.05) is 91.0 Å². The summed E-state index contributed by atoms with van der Waals surface area (Å²) in [6.07, 6.45) is -7.21. The van der Waals surface area contributed by atoms with Crippen LogP contribution in [0, 0.1) is 21.7 Å². The second kappa shape index (κ2) is 16.7. The van der Waals surface area contributed by atoms with Gasteiger partial charge >= 0.3 is 23.9 Å². The maximum atomic E-state index is 13.8. The Bertz CT molecular complexity index is 1660. The molecule has 0 aromatic heterocycles. The molecule has 0 amide bonds. The summed E-state index contributed by atoms with van der Waals surface area (Å²) in [6, 6.07) is 29.0. The summed E-state index contributed by atoms with van der Waals surface area (Å²) < 4.78 is 38.2. The highest BCUT2D eigenvalue weighted by atomic mass is 16.7. The molecule has 0 N–H and O–H groups in total. The molecule has 1 saturated heterocycles. The zero-order chi connectivity index (χ0) is 41.0. The molecule has 1 aliphatic heterocycles. The smallest absolute Gasteiger partial charge is 0.313 e. The van der Waals surface area contributed by atoms with Crippen LogP contribution < -0.4 is 0 Å². The van der Waals surface area contributed by atoms with E-state index < -0.39 is 81.8 Å². The SMILES string of the molecule is CC(C)(C)C(=O)O[C@@H]1O[C@H](COC(c2ccccc2)(c2ccccc2)c2ccccc2)[C@H](OC(=O)C(C)(C)C)[C@H](OC(=O)C(C)(C)C)[C@H]1OC(=O)C(C)(C)C. The first-order valence-electron chi connectivity index (χ1n) is 18.8. The molecule has 1 fully saturated rings. The van der Waals surface area contributed by atoms with Gasteiger partial charge in [-0.25, -0.2) is 0 Å². The van der Waals surface area contributed by atoms with Crippen LogP contribution in [0.2, 0.25) is 0 Å². The van der Waals surface area contributed by atoms with Crippen molar-refractivity contribution < 1.29 is 47.6 Å². The standard InChI is InChI=1S/C45H58O10/c1-41(2,3)37(46)52-33-32(28-50-45(29-22-16-13-17-23-29,30-24-18-14-19-25-30)31-26-20-15-21-27-31)51-36(55-40(49)44(10,11)12)35(54-39(48)43(7,8)9)34(33)53-38(47)42(4,5)6/h13-27,32-36H,28H2,1-12H3/t32-,33+,34+,35-,36+/m1/s1. The van der Waals surface area contributed by atoms with Crippen molar-refractivity contribution in [3.63, 3.8) is 0 Å². The fourth-order valence-electron chi connectivity index (χ4n) is 5.67. The Labute approximate surface area is 326 Å². The van der Waals surface area contributed by atoms with Crippen molar-refractivity contribution in [2.75, 3.05) is 6.61 Å². The van der Waals surface area contributed by atoms with Gasteiger partial charge in [0.25, 0.3) is 0 Å². The summed E-state index contributed by atoms with van der Waals surface area (Å²) in [6.45, 7) is 19.8. The number of rotatable bonds is 10. The van der Waals surface area contributed by atoms with Crippen LogP contribution in [0.1, 0.15) is 99.8 Å².